The van der Waals surface area contributed by atoms with E-state index in [9.17, 15) is 4.79 Å². The molecule has 0 saturated carbocycles. The number of rotatable bonds is 1. The fraction of sp³-hybridized carbons (Fsp3) is 0.0476. The number of fused-ring (bicyclic) bond motifs is 1. The molecule has 0 aliphatic carbocycles. The van der Waals surface area contributed by atoms with Gasteiger partial charge in [-0.3, -0.25) is 9.36 Å². The monoisotopic (exact) mass is 341 g/mol. The van der Waals surface area contributed by atoms with Gasteiger partial charge in [-0.1, -0.05) is 48.5 Å². The van der Waals surface area contributed by atoms with Crippen LogP contribution < -0.4 is 0 Å². The predicted molar refractivity (Wildman–Crippen MR) is 101 cm³/mol. The Bertz CT molecular complexity index is 1310. The molecule has 0 atom stereocenters. The van der Waals surface area contributed by atoms with E-state index in [4.69, 9.17) is 9.40 Å². The number of pyridine rings is 1. The Morgan fingerprint density at radius 1 is 0.923 bits per heavy atom. The summed E-state index contributed by atoms with van der Waals surface area (Å²) < 4.78 is 9.70. The van der Waals surface area contributed by atoms with Gasteiger partial charge in [0.25, 0.3) is 0 Å². The van der Waals surface area contributed by atoms with Crippen LogP contribution in [-0.2, 0) is 0 Å². The molecule has 0 N–H and O–H groups in total. The Kier molecular flexibility index (Phi) is 3.09. The zero-order valence-corrected chi connectivity index (χ0v) is 14.1. The van der Waals surface area contributed by atoms with E-state index in [0.717, 1.165) is 16.9 Å². The molecular weight excluding hydrogens is 326 g/mol. The average molecular weight is 341 g/mol. The quantitative estimate of drug-likeness (QED) is 0.435. The Morgan fingerprint density at radius 3 is 2.50 bits per heavy atom. The van der Waals surface area contributed by atoms with Crippen molar-refractivity contribution in [1.82, 2.24) is 14.0 Å². The summed E-state index contributed by atoms with van der Waals surface area (Å²) in [5.41, 5.74) is 5.09. The van der Waals surface area contributed by atoms with E-state index in [1.54, 1.807) is 11.5 Å². The number of nitrogens with zero attached hydrogens (tertiary/aromatic N) is 3. The van der Waals surface area contributed by atoms with Crippen LogP contribution in [0.2, 0.25) is 0 Å². The molecule has 3 aromatic heterocycles. The highest BCUT2D eigenvalue weighted by atomic mass is 16.3. The van der Waals surface area contributed by atoms with Crippen molar-refractivity contribution in [3.05, 3.63) is 72.8 Å². The second kappa shape index (κ2) is 5.46. The molecule has 5 rings (SSSR count). The van der Waals surface area contributed by atoms with E-state index < -0.39 is 0 Å². The van der Waals surface area contributed by atoms with Gasteiger partial charge in [-0.25, -0.2) is 9.38 Å². The molecule has 26 heavy (non-hydrogen) atoms. The topological polar surface area (TPSA) is 52.4 Å². The molecule has 0 bridgehead atoms. The molecule has 0 radical (unpaired) electrons. The van der Waals surface area contributed by atoms with Gasteiger partial charge >= 0.3 is 0 Å². The van der Waals surface area contributed by atoms with Crippen molar-refractivity contribution in [2.24, 2.45) is 0 Å². The van der Waals surface area contributed by atoms with E-state index in [1.807, 2.05) is 77.2 Å². The lowest BCUT2D eigenvalue weighted by Crippen LogP contribution is -2.09. The predicted octanol–water partition coefficient (Wildman–Crippen LogP) is 4.92. The largest absolute Gasteiger partial charge is 0.438 e. The summed E-state index contributed by atoms with van der Waals surface area (Å²) >= 11 is 0. The van der Waals surface area contributed by atoms with Crippen molar-refractivity contribution < 1.29 is 9.21 Å². The molecule has 5 heteroatoms. The highest BCUT2D eigenvalue weighted by molar-refractivity contribution is 5.96. The number of imidazole rings is 1. The molecular formula is C21H15N3O2. The molecule has 5 nitrogen and oxygen atoms in total. The van der Waals surface area contributed by atoms with Gasteiger partial charge < -0.3 is 4.42 Å². The summed E-state index contributed by atoms with van der Waals surface area (Å²) in [6.07, 6.45) is 0. The van der Waals surface area contributed by atoms with Crippen LogP contribution >= 0.6 is 0 Å². The Balaban J connectivity index is 2.13. The third-order valence-corrected chi connectivity index (χ3v) is 4.48. The van der Waals surface area contributed by atoms with Crippen LogP contribution in [-0.4, -0.2) is 19.9 Å². The molecule has 126 valence electrons. The summed E-state index contributed by atoms with van der Waals surface area (Å²) in [5, 5.41) is 0. The number of para-hydroxylation sites is 2. The van der Waals surface area contributed by atoms with Crippen LogP contribution in [0.15, 0.2) is 77.2 Å². The van der Waals surface area contributed by atoms with Crippen molar-refractivity contribution in [3.8, 4) is 11.3 Å². The maximum absolute atomic E-state index is 12.7. The fourth-order valence-electron chi connectivity index (χ4n) is 3.40. The highest BCUT2D eigenvalue weighted by Gasteiger charge is 2.19. The van der Waals surface area contributed by atoms with Gasteiger partial charge in [-0.2, -0.15) is 0 Å². The summed E-state index contributed by atoms with van der Waals surface area (Å²) in [6.45, 7) is 1.55. The number of aromatic nitrogens is 3. The van der Waals surface area contributed by atoms with E-state index in [1.165, 1.54) is 0 Å². The minimum Gasteiger partial charge on any atom is -0.438 e. The number of benzene rings is 2. The van der Waals surface area contributed by atoms with Gasteiger partial charge in [0.2, 0.25) is 11.6 Å². The van der Waals surface area contributed by atoms with Gasteiger partial charge in [0.05, 0.1) is 5.52 Å². The normalized spacial score (nSPS) is 11.4. The first-order valence-corrected chi connectivity index (χ1v) is 8.38. The lowest BCUT2D eigenvalue weighted by atomic mass is 10.1. The summed E-state index contributed by atoms with van der Waals surface area (Å²) in [7, 11) is 0. The molecule has 0 spiro atoms. The van der Waals surface area contributed by atoms with Crippen molar-refractivity contribution >= 4 is 34.0 Å². The number of hydrogen-bond acceptors (Lipinski definition) is 3. The standard InChI is InChI=1S/C21H15N3O2/c1-14(25)23-16-10-5-6-11-17(16)26-19-13-7-12-18-22-20(21(23)24(18)19)15-8-3-2-4-9-15/h2-13H,1H3. The molecule has 2 aromatic carbocycles. The first kappa shape index (κ1) is 14.7. The zero-order chi connectivity index (χ0) is 17.7. The van der Waals surface area contributed by atoms with Crippen LogP contribution in [0.1, 0.15) is 11.7 Å². The molecule has 5 aromatic rings. The van der Waals surface area contributed by atoms with Crippen molar-refractivity contribution in [2.75, 3.05) is 0 Å². The SMILES string of the molecule is CC(=O)n1c2ccccc2oc2cccc3nc(-c4ccccc4)c1n32. The molecule has 0 aliphatic rings. The average Bonchev–Trinajstić information content (AvgIpc) is 2.96. The summed E-state index contributed by atoms with van der Waals surface area (Å²) in [6, 6.07) is 23.1. The fourth-order valence-corrected chi connectivity index (χ4v) is 3.40. The van der Waals surface area contributed by atoms with Crippen LogP contribution in [0, 0.1) is 0 Å². The van der Waals surface area contributed by atoms with Crippen LogP contribution in [0.25, 0.3) is 39.4 Å². The molecule has 0 aliphatic heterocycles. The number of carbonyl (C=O) groups is 1. The maximum Gasteiger partial charge on any atom is 0.229 e. The van der Waals surface area contributed by atoms with Crippen molar-refractivity contribution in [1.29, 1.82) is 0 Å². The minimum atomic E-state index is -0.100. The Labute approximate surface area is 148 Å². The van der Waals surface area contributed by atoms with Gasteiger partial charge in [-0.15, -0.1) is 0 Å². The molecule has 0 unspecified atom stereocenters. The third-order valence-electron chi connectivity index (χ3n) is 4.48. The Morgan fingerprint density at radius 2 is 1.69 bits per heavy atom. The van der Waals surface area contributed by atoms with Crippen LogP contribution in [0.5, 0.6) is 0 Å². The van der Waals surface area contributed by atoms with Crippen LogP contribution in [0.4, 0.5) is 0 Å². The van der Waals surface area contributed by atoms with Gasteiger partial charge in [0.15, 0.2) is 11.2 Å². The van der Waals surface area contributed by atoms with E-state index in [2.05, 4.69) is 0 Å². The second-order valence-electron chi connectivity index (χ2n) is 6.13. The zero-order valence-electron chi connectivity index (χ0n) is 14.1. The van der Waals surface area contributed by atoms with Gasteiger partial charge in [0.1, 0.15) is 11.3 Å². The highest BCUT2D eigenvalue weighted by Crippen LogP contribution is 2.30. The third kappa shape index (κ3) is 2.04. The number of carbonyl (C=O) groups excluding carboxylic acids is 1. The van der Waals surface area contributed by atoms with Gasteiger partial charge in [-0.05, 0) is 24.3 Å². The van der Waals surface area contributed by atoms with Crippen molar-refractivity contribution in [3.63, 3.8) is 0 Å². The Hall–Kier alpha value is -3.60. The van der Waals surface area contributed by atoms with E-state index in [0.29, 0.717) is 22.5 Å². The lowest BCUT2D eigenvalue weighted by molar-refractivity contribution is 0.0945. The maximum atomic E-state index is 12.7. The second-order valence-corrected chi connectivity index (χ2v) is 6.13. The van der Waals surface area contributed by atoms with E-state index >= 15 is 0 Å². The summed E-state index contributed by atoms with van der Waals surface area (Å²) in [5.74, 6) is -0.100. The smallest absolute Gasteiger partial charge is 0.229 e. The number of hydrogen-bond donors (Lipinski definition) is 0. The lowest BCUT2D eigenvalue weighted by Gasteiger charge is -2.06. The first-order valence-electron chi connectivity index (χ1n) is 8.38. The van der Waals surface area contributed by atoms with Crippen LogP contribution in [0.3, 0.4) is 0 Å². The minimum absolute atomic E-state index is 0.100. The molecule has 0 fully saturated rings. The van der Waals surface area contributed by atoms with E-state index in [-0.39, 0.29) is 5.91 Å². The first-order chi connectivity index (χ1) is 12.7. The molecule has 3 heterocycles. The van der Waals surface area contributed by atoms with Crippen molar-refractivity contribution in [2.45, 2.75) is 6.92 Å². The van der Waals surface area contributed by atoms with Gasteiger partial charge in [0, 0.05) is 12.5 Å². The molecule has 0 saturated heterocycles. The molecule has 0 amide bonds. The summed E-state index contributed by atoms with van der Waals surface area (Å²) in [4.78, 5) is 17.5.